The molecule has 0 aliphatic heterocycles. The topological polar surface area (TPSA) is 73.6 Å². The van der Waals surface area contributed by atoms with Crippen molar-refractivity contribution in [1.82, 2.24) is 5.32 Å². The van der Waals surface area contributed by atoms with Gasteiger partial charge in [-0.2, -0.15) is 0 Å². The van der Waals surface area contributed by atoms with Crippen LogP contribution in [0.4, 0.5) is 4.79 Å². The van der Waals surface area contributed by atoms with E-state index in [1.165, 1.54) is 0 Å². The van der Waals surface area contributed by atoms with Crippen LogP contribution in [0, 0.1) is 0 Å². The van der Waals surface area contributed by atoms with Crippen LogP contribution in [-0.4, -0.2) is 25.3 Å². The zero-order chi connectivity index (χ0) is 15.2. The Morgan fingerprint density at radius 2 is 2.10 bits per heavy atom. The summed E-state index contributed by atoms with van der Waals surface area (Å²) in [6, 6.07) is 7.51. The van der Waals surface area contributed by atoms with Gasteiger partial charge in [0.2, 0.25) is 0 Å². The number of hydrogen-bond donors (Lipinski definition) is 2. The second-order valence-corrected chi connectivity index (χ2v) is 5.61. The summed E-state index contributed by atoms with van der Waals surface area (Å²) < 4.78 is 10.3. The van der Waals surface area contributed by atoms with Crippen LogP contribution in [0.1, 0.15) is 37.9 Å². The molecule has 0 saturated heterocycles. The minimum absolute atomic E-state index is 0.276. The first kappa shape index (κ1) is 16.5. The van der Waals surface area contributed by atoms with E-state index in [0.29, 0.717) is 13.2 Å². The van der Waals surface area contributed by atoms with Crippen LogP contribution < -0.4 is 11.1 Å². The Balaban J connectivity index is 2.75. The summed E-state index contributed by atoms with van der Waals surface area (Å²) in [4.78, 5) is 11.8. The highest BCUT2D eigenvalue weighted by Gasteiger charge is 2.19. The van der Waals surface area contributed by atoms with Gasteiger partial charge in [-0.3, -0.25) is 0 Å². The van der Waals surface area contributed by atoms with E-state index >= 15 is 0 Å². The Kier molecular flexibility index (Phi) is 5.98. The fraction of sp³-hybridized carbons (Fsp3) is 0.533. The lowest BCUT2D eigenvalue weighted by Crippen LogP contribution is -2.37. The summed E-state index contributed by atoms with van der Waals surface area (Å²) in [7, 11) is 1.64. The van der Waals surface area contributed by atoms with Gasteiger partial charge in [0.15, 0.2) is 0 Å². The van der Waals surface area contributed by atoms with Crippen LogP contribution in [0.3, 0.4) is 0 Å². The van der Waals surface area contributed by atoms with Crippen LogP contribution in [0.2, 0.25) is 0 Å². The van der Waals surface area contributed by atoms with Gasteiger partial charge in [0.05, 0.1) is 12.6 Å². The first-order valence-corrected chi connectivity index (χ1v) is 6.63. The lowest BCUT2D eigenvalue weighted by Gasteiger charge is -2.23. The first-order valence-electron chi connectivity index (χ1n) is 6.63. The number of hydrogen-bond acceptors (Lipinski definition) is 4. The van der Waals surface area contributed by atoms with E-state index in [9.17, 15) is 4.79 Å². The average Bonchev–Trinajstić information content (AvgIpc) is 2.34. The number of methoxy groups -OCH3 is 1. The molecule has 0 fully saturated rings. The van der Waals surface area contributed by atoms with E-state index in [1.54, 1.807) is 7.11 Å². The number of alkyl carbamates (subject to hydrolysis) is 1. The van der Waals surface area contributed by atoms with Gasteiger partial charge in [-0.15, -0.1) is 0 Å². The minimum atomic E-state index is -0.527. The number of rotatable bonds is 5. The normalized spacial score (nSPS) is 12.8. The lowest BCUT2D eigenvalue weighted by atomic mass is 10.0. The molecule has 5 heteroatoms. The fourth-order valence-corrected chi connectivity index (χ4v) is 1.79. The van der Waals surface area contributed by atoms with Crippen LogP contribution >= 0.6 is 0 Å². The second-order valence-electron chi connectivity index (χ2n) is 5.61. The van der Waals surface area contributed by atoms with Crippen molar-refractivity contribution in [2.45, 2.75) is 39.0 Å². The minimum Gasteiger partial charge on any atom is -0.444 e. The van der Waals surface area contributed by atoms with Crippen molar-refractivity contribution >= 4 is 6.09 Å². The quantitative estimate of drug-likeness (QED) is 0.868. The molecule has 20 heavy (non-hydrogen) atoms. The predicted molar refractivity (Wildman–Crippen MR) is 78.3 cm³/mol. The molecular formula is C15H24N2O3. The number of nitrogens with one attached hydrogen (secondary N) is 1. The zero-order valence-corrected chi connectivity index (χ0v) is 12.6. The molecule has 0 bridgehead atoms. The van der Waals surface area contributed by atoms with Gasteiger partial charge < -0.3 is 20.5 Å². The molecule has 5 nitrogen and oxygen atoms in total. The first-order chi connectivity index (χ1) is 9.35. The highest BCUT2D eigenvalue weighted by atomic mass is 16.6. The summed E-state index contributed by atoms with van der Waals surface area (Å²) in [5.74, 6) is 0. The van der Waals surface area contributed by atoms with E-state index < -0.39 is 11.7 Å². The summed E-state index contributed by atoms with van der Waals surface area (Å²) in [5.41, 5.74) is 7.19. The van der Waals surface area contributed by atoms with Crippen molar-refractivity contribution < 1.29 is 14.3 Å². The standard InChI is InChI=1S/C15H24N2O3/c1-15(2,3)20-14(18)17-13(9-16)12-7-5-6-11(8-12)10-19-4/h5-8,13H,9-10,16H2,1-4H3,(H,17,18). The summed E-state index contributed by atoms with van der Waals surface area (Å²) >= 11 is 0. The lowest BCUT2D eigenvalue weighted by molar-refractivity contribution is 0.0505. The molecule has 0 spiro atoms. The van der Waals surface area contributed by atoms with Crippen molar-refractivity contribution in [3.8, 4) is 0 Å². The molecule has 0 aromatic heterocycles. The third kappa shape index (κ3) is 5.59. The number of carbonyl (C=O) groups is 1. The zero-order valence-electron chi connectivity index (χ0n) is 12.6. The van der Waals surface area contributed by atoms with E-state index in [1.807, 2.05) is 45.0 Å². The van der Waals surface area contributed by atoms with Crippen molar-refractivity contribution in [2.75, 3.05) is 13.7 Å². The molecule has 1 rings (SSSR count). The SMILES string of the molecule is COCc1cccc(C(CN)NC(=O)OC(C)(C)C)c1. The Morgan fingerprint density at radius 3 is 2.65 bits per heavy atom. The van der Waals surface area contributed by atoms with Crippen molar-refractivity contribution in [1.29, 1.82) is 0 Å². The second kappa shape index (κ2) is 7.26. The summed E-state index contributed by atoms with van der Waals surface area (Å²) in [6.45, 7) is 6.29. The average molecular weight is 280 g/mol. The van der Waals surface area contributed by atoms with Gasteiger partial charge in [-0.25, -0.2) is 4.79 Å². The Morgan fingerprint density at radius 1 is 1.40 bits per heavy atom. The van der Waals surface area contributed by atoms with Crippen LogP contribution in [0.15, 0.2) is 24.3 Å². The van der Waals surface area contributed by atoms with Crippen molar-refractivity contribution in [3.05, 3.63) is 35.4 Å². The number of benzene rings is 1. The highest BCUT2D eigenvalue weighted by molar-refractivity contribution is 5.68. The van der Waals surface area contributed by atoms with E-state index in [2.05, 4.69) is 5.32 Å². The number of nitrogens with two attached hydrogens (primary N) is 1. The maximum Gasteiger partial charge on any atom is 0.408 e. The van der Waals surface area contributed by atoms with Gasteiger partial charge in [0.25, 0.3) is 0 Å². The molecule has 112 valence electrons. The van der Waals surface area contributed by atoms with Gasteiger partial charge in [0.1, 0.15) is 5.60 Å². The van der Waals surface area contributed by atoms with E-state index in [-0.39, 0.29) is 6.04 Å². The Labute approximate surface area is 120 Å². The molecule has 0 aliphatic carbocycles. The van der Waals surface area contributed by atoms with E-state index in [0.717, 1.165) is 11.1 Å². The van der Waals surface area contributed by atoms with Crippen LogP contribution in [0.5, 0.6) is 0 Å². The fourth-order valence-electron chi connectivity index (χ4n) is 1.79. The largest absolute Gasteiger partial charge is 0.444 e. The number of carbonyl (C=O) groups excluding carboxylic acids is 1. The van der Waals surface area contributed by atoms with Gasteiger partial charge >= 0.3 is 6.09 Å². The molecule has 1 unspecified atom stereocenters. The van der Waals surface area contributed by atoms with Gasteiger partial charge in [-0.1, -0.05) is 24.3 Å². The molecule has 0 heterocycles. The monoisotopic (exact) mass is 280 g/mol. The van der Waals surface area contributed by atoms with Gasteiger partial charge in [-0.05, 0) is 31.9 Å². The number of ether oxygens (including phenoxy) is 2. The molecular weight excluding hydrogens is 256 g/mol. The molecule has 0 saturated carbocycles. The molecule has 1 aromatic rings. The molecule has 3 N–H and O–H groups in total. The predicted octanol–water partition coefficient (Wildman–Crippen LogP) is 2.36. The Hall–Kier alpha value is -1.59. The molecule has 1 aromatic carbocycles. The molecule has 1 atom stereocenters. The van der Waals surface area contributed by atoms with Crippen LogP contribution in [0.25, 0.3) is 0 Å². The molecule has 0 aliphatic rings. The maximum absolute atomic E-state index is 11.8. The highest BCUT2D eigenvalue weighted by Crippen LogP contribution is 2.16. The molecule has 1 amide bonds. The third-order valence-corrected chi connectivity index (χ3v) is 2.59. The Bertz CT molecular complexity index is 441. The van der Waals surface area contributed by atoms with Crippen molar-refractivity contribution in [2.24, 2.45) is 5.73 Å². The number of amides is 1. The smallest absolute Gasteiger partial charge is 0.408 e. The molecule has 0 radical (unpaired) electrons. The van der Waals surface area contributed by atoms with Gasteiger partial charge in [0, 0.05) is 13.7 Å². The summed E-state index contributed by atoms with van der Waals surface area (Å²) in [6.07, 6.45) is -0.468. The third-order valence-electron chi connectivity index (χ3n) is 2.59. The van der Waals surface area contributed by atoms with Crippen molar-refractivity contribution in [3.63, 3.8) is 0 Å². The maximum atomic E-state index is 11.8. The van der Waals surface area contributed by atoms with Crippen LogP contribution in [-0.2, 0) is 16.1 Å². The van der Waals surface area contributed by atoms with E-state index in [4.69, 9.17) is 15.2 Å². The summed E-state index contributed by atoms with van der Waals surface area (Å²) in [5, 5.41) is 2.78.